The van der Waals surface area contributed by atoms with E-state index in [1.807, 2.05) is 11.3 Å². The molecule has 86 valence electrons. The van der Waals surface area contributed by atoms with Crippen molar-refractivity contribution in [2.45, 2.75) is 58.5 Å². The van der Waals surface area contributed by atoms with Gasteiger partial charge in [-0.2, -0.15) is 0 Å². The van der Waals surface area contributed by atoms with Crippen LogP contribution in [0.1, 0.15) is 49.8 Å². The Labute approximate surface area is 97.2 Å². The molecule has 0 saturated heterocycles. The molecule has 1 atom stereocenters. The summed E-state index contributed by atoms with van der Waals surface area (Å²) >= 11 is 1.84. The van der Waals surface area contributed by atoms with Crippen LogP contribution in [0.15, 0.2) is 12.1 Å². The molecule has 0 spiro atoms. The van der Waals surface area contributed by atoms with Gasteiger partial charge in [-0.1, -0.05) is 27.2 Å². The maximum atomic E-state index is 10.4. The van der Waals surface area contributed by atoms with Crippen LogP contribution in [-0.2, 0) is 12.8 Å². The standard InChI is InChI=1S/C13H22OS/c1-4-9-13(14,6-3)10-12-8-7-11(5-2)15-12/h7-8,14H,4-6,9-10H2,1-3H3. The van der Waals surface area contributed by atoms with E-state index in [1.165, 1.54) is 9.75 Å². The van der Waals surface area contributed by atoms with Crippen molar-refractivity contribution < 1.29 is 5.11 Å². The number of rotatable bonds is 6. The average molecular weight is 226 g/mol. The highest BCUT2D eigenvalue weighted by Gasteiger charge is 2.24. The van der Waals surface area contributed by atoms with E-state index in [4.69, 9.17) is 0 Å². The molecular formula is C13H22OS. The highest BCUT2D eigenvalue weighted by molar-refractivity contribution is 7.12. The fraction of sp³-hybridized carbons (Fsp3) is 0.692. The Bertz CT molecular complexity index is 292. The maximum absolute atomic E-state index is 10.4. The van der Waals surface area contributed by atoms with Gasteiger partial charge in [0.05, 0.1) is 5.60 Å². The Morgan fingerprint density at radius 2 is 1.87 bits per heavy atom. The van der Waals surface area contributed by atoms with Gasteiger partial charge in [0, 0.05) is 16.2 Å². The van der Waals surface area contributed by atoms with Crippen molar-refractivity contribution in [3.8, 4) is 0 Å². The van der Waals surface area contributed by atoms with E-state index in [9.17, 15) is 5.11 Å². The minimum Gasteiger partial charge on any atom is -0.390 e. The van der Waals surface area contributed by atoms with Gasteiger partial charge in [0.1, 0.15) is 0 Å². The Kier molecular flexibility index (Phi) is 4.81. The van der Waals surface area contributed by atoms with Gasteiger partial charge >= 0.3 is 0 Å². The SMILES string of the molecule is CCCC(O)(CC)Cc1ccc(CC)s1. The van der Waals surface area contributed by atoms with Gasteiger partial charge in [0.15, 0.2) is 0 Å². The Morgan fingerprint density at radius 3 is 2.33 bits per heavy atom. The minimum absolute atomic E-state index is 0.482. The van der Waals surface area contributed by atoms with Crippen molar-refractivity contribution in [3.05, 3.63) is 21.9 Å². The largest absolute Gasteiger partial charge is 0.390 e. The molecule has 1 aromatic heterocycles. The second-order valence-electron chi connectivity index (χ2n) is 4.23. The van der Waals surface area contributed by atoms with Crippen LogP contribution in [0.3, 0.4) is 0 Å². The topological polar surface area (TPSA) is 20.2 Å². The van der Waals surface area contributed by atoms with Gasteiger partial charge in [-0.3, -0.25) is 0 Å². The fourth-order valence-corrected chi connectivity index (χ4v) is 2.98. The molecule has 0 amide bonds. The van der Waals surface area contributed by atoms with Crippen molar-refractivity contribution >= 4 is 11.3 Å². The maximum Gasteiger partial charge on any atom is 0.0693 e. The summed E-state index contributed by atoms with van der Waals surface area (Å²) in [5.41, 5.74) is -0.482. The molecule has 0 saturated carbocycles. The van der Waals surface area contributed by atoms with Crippen LogP contribution in [0.25, 0.3) is 0 Å². The highest BCUT2D eigenvalue weighted by atomic mass is 32.1. The third kappa shape index (κ3) is 3.62. The molecule has 2 heteroatoms. The van der Waals surface area contributed by atoms with Crippen LogP contribution < -0.4 is 0 Å². The van der Waals surface area contributed by atoms with Gasteiger partial charge in [-0.05, 0) is 31.4 Å². The van der Waals surface area contributed by atoms with E-state index < -0.39 is 5.60 Å². The zero-order chi connectivity index (χ0) is 11.3. The Morgan fingerprint density at radius 1 is 1.20 bits per heavy atom. The normalized spacial score (nSPS) is 15.2. The van der Waals surface area contributed by atoms with E-state index >= 15 is 0 Å². The molecule has 1 aromatic rings. The van der Waals surface area contributed by atoms with Crippen LogP contribution in [0.2, 0.25) is 0 Å². The van der Waals surface area contributed by atoms with Gasteiger partial charge < -0.3 is 5.11 Å². The van der Waals surface area contributed by atoms with Gasteiger partial charge in [0.25, 0.3) is 0 Å². The lowest BCUT2D eigenvalue weighted by Crippen LogP contribution is -2.29. The molecule has 0 radical (unpaired) electrons. The van der Waals surface area contributed by atoms with E-state index in [-0.39, 0.29) is 0 Å². The Hall–Kier alpha value is -0.340. The van der Waals surface area contributed by atoms with Crippen LogP contribution in [0.5, 0.6) is 0 Å². The molecule has 0 bridgehead atoms. The summed E-state index contributed by atoms with van der Waals surface area (Å²) in [6.07, 6.45) is 4.73. The predicted molar refractivity (Wildman–Crippen MR) is 67.5 cm³/mol. The predicted octanol–water partition coefficient (Wildman–Crippen LogP) is 3.79. The molecule has 0 aromatic carbocycles. The van der Waals surface area contributed by atoms with E-state index in [0.29, 0.717) is 0 Å². The third-order valence-corrected chi connectivity index (χ3v) is 4.17. The van der Waals surface area contributed by atoms with E-state index in [0.717, 1.165) is 32.1 Å². The lowest BCUT2D eigenvalue weighted by atomic mass is 9.91. The van der Waals surface area contributed by atoms with E-state index in [1.54, 1.807) is 0 Å². The summed E-state index contributed by atoms with van der Waals surface area (Å²) in [7, 11) is 0. The number of aliphatic hydroxyl groups is 1. The van der Waals surface area contributed by atoms with Gasteiger partial charge in [-0.15, -0.1) is 11.3 Å². The zero-order valence-electron chi connectivity index (χ0n) is 10.0. The molecule has 1 rings (SSSR count). The number of hydrogen-bond donors (Lipinski definition) is 1. The van der Waals surface area contributed by atoms with Crippen LogP contribution in [0, 0.1) is 0 Å². The first-order valence-electron chi connectivity index (χ1n) is 5.93. The summed E-state index contributed by atoms with van der Waals surface area (Å²) in [5, 5.41) is 10.4. The van der Waals surface area contributed by atoms with Crippen molar-refractivity contribution in [2.75, 3.05) is 0 Å². The zero-order valence-corrected chi connectivity index (χ0v) is 10.9. The minimum atomic E-state index is -0.482. The van der Waals surface area contributed by atoms with Gasteiger partial charge in [-0.25, -0.2) is 0 Å². The molecule has 0 aliphatic heterocycles. The molecule has 1 heterocycles. The highest BCUT2D eigenvalue weighted by Crippen LogP contribution is 2.27. The van der Waals surface area contributed by atoms with Crippen LogP contribution >= 0.6 is 11.3 Å². The van der Waals surface area contributed by atoms with Crippen LogP contribution in [0.4, 0.5) is 0 Å². The number of aryl methyl sites for hydroxylation is 1. The lowest BCUT2D eigenvalue weighted by Gasteiger charge is -2.25. The molecule has 1 nitrogen and oxygen atoms in total. The van der Waals surface area contributed by atoms with Crippen molar-refractivity contribution in [2.24, 2.45) is 0 Å². The first kappa shape index (κ1) is 12.7. The van der Waals surface area contributed by atoms with Crippen molar-refractivity contribution in [3.63, 3.8) is 0 Å². The molecule has 1 N–H and O–H groups in total. The molecular weight excluding hydrogens is 204 g/mol. The summed E-state index contributed by atoms with van der Waals surface area (Å²) in [4.78, 5) is 2.74. The summed E-state index contributed by atoms with van der Waals surface area (Å²) in [6, 6.07) is 4.35. The molecule has 1 unspecified atom stereocenters. The monoisotopic (exact) mass is 226 g/mol. The third-order valence-electron chi connectivity index (χ3n) is 2.94. The molecule has 0 fully saturated rings. The van der Waals surface area contributed by atoms with Crippen molar-refractivity contribution in [1.29, 1.82) is 0 Å². The van der Waals surface area contributed by atoms with Crippen LogP contribution in [-0.4, -0.2) is 10.7 Å². The number of thiophene rings is 1. The molecule has 0 aliphatic rings. The summed E-state index contributed by atoms with van der Waals surface area (Å²) in [6.45, 7) is 6.38. The Balaban J connectivity index is 2.65. The lowest BCUT2D eigenvalue weighted by molar-refractivity contribution is 0.0278. The smallest absolute Gasteiger partial charge is 0.0693 e. The number of hydrogen-bond acceptors (Lipinski definition) is 2. The average Bonchev–Trinajstić information content (AvgIpc) is 2.66. The molecule has 15 heavy (non-hydrogen) atoms. The molecule has 0 aliphatic carbocycles. The second kappa shape index (κ2) is 5.66. The second-order valence-corrected chi connectivity index (χ2v) is 5.48. The summed E-state index contributed by atoms with van der Waals surface area (Å²) < 4.78 is 0. The van der Waals surface area contributed by atoms with E-state index in [2.05, 4.69) is 32.9 Å². The summed E-state index contributed by atoms with van der Waals surface area (Å²) in [5.74, 6) is 0. The van der Waals surface area contributed by atoms with Gasteiger partial charge in [0.2, 0.25) is 0 Å². The quantitative estimate of drug-likeness (QED) is 0.782. The first-order chi connectivity index (χ1) is 7.13. The first-order valence-corrected chi connectivity index (χ1v) is 6.75. The van der Waals surface area contributed by atoms with Crippen molar-refractivity contribution in [1.82, 2.24) is 0 Å². The fourth-order valence-electron chi connectivity index (χ4n) is 1.89.